The van der Waals surface area contributed by atoms with Crippen molar-refractivity contribution in [1.82, 2.24) is 5.32 Å². The number of benzene rings is 1. The summed E-state index contributed by atoms with van der Waals surface area (Å²) in [6.45, 7) is 3.63. The number of hydrogen-bond donors (Lipinski definition) is 3. The van der Waals surface area contributed by atoms with Crippen molar-refractivity contribution in [2.45, 2.75) is 13.8 Å². The lowest BCUT2D eigenvalue weighted by Crippen LogP contribution is -2.18. The van der Waals surface area contributed by atoms with Gasteiger partial charge in [-0.25, -0.2) is 0 Å². The molecule has 4 nitrogen and oxygen atoms in total. The number of phenols is 1. The molecule has 1 aromatic rings. The smallest absolute Gasteiger partial charge is 0.264 e. The van der Waals surface area contributed by atoms with Gasteiger partial charge in [0.2, 0.25) is 0 Å². The van der Waals surface area contributed by atoms with E-state index in [1.54, 1.807) is 6.08 Å². The Morgan fingerprint density at radius 2 is 1.94 bits per heavy atom. The summed E-state index contributed by atoms with van der Waals surface area (Å²) in [7, 11) is 0. The monoisotopic (exact) mass is 248 g/mol. The second-order valence-electron chi connectivity index (χ2n) is 3.90. The predicted molar refractivity (Wildman–Crippen MR) is 69.0 cm³/mol. The average molecular weight is 248 g/mol. The number of amides is 1. The molecule has 88 valence electrons. The van der Waals surface area contributed by atoms with E-state index in [-0.39, 0.29) is 16.8 Å². The first-order chi connectivity index (χ1) is 7.97. The molecule has 1 aromatic carbocycles. The largest absolute Gasteiger partial charge is 0.507 e. The fraction of sp³-hybridized carbons (Fsp3) is 0.167. The number of phenolic OH excluding ortho intramolecular Hbond substituents is 1. The summed E-state index contributed by atoms with van der Waals surface area (Å²) in [5, 5.41) is 19.6. The first-order valence-corrected chi connectivity index (χ1v) is 5.88. The zero-order valence-electron chi connectivity index (χ0n) is 9.50. The number of amidine groups is 1. The topological polar surface area (TPSA) is 73.2 Å². The summed E-state index contributed by atoms with van der Waals surface area (Å²) in [6, 6.07) is 3.62. The van der Waals surface area contributed by atoms with Gasteiger partial charge in [0.25, 0.3) is 5.91 Å². The van der Waals surface area contributed by atoms with Crippen LogP contribution >= 0.6 is 11.8 Å². The van der Waals surface area contributed by atoms with Crippen molar-refractivity contribution in [3.8, 4) is 5.75 Å². The van der Waals surface area contributed by atoms with Gasteiger partial charge >= 0.3 is 0 Å². The van der Waals surface area contributed by atoms with Crippen LogP contribution in [0.5, 0.6) is 5.75 Å². The van der Waals surface area contributed by atoms with E-state index in [2.05, 4.69) is 5.32 Å². The van der Waals surface area contributed by atoms with Crippen LogP contribution in [0.2, 0.25) is 0 Å². The first kappa shape index (κ1) is 11.7. The summed E-state index contributed by atoms with van der Waals surface area (Å²) in [4.78, 5) is 11.9. The maximum atomic E-state index is 11.4. The maximum absolute atomic E-state index is 11.4. The van der Waals surface area contributed by atoms with Crippen LogP contribution in [0.4, 0.5) is 0 Å². The van der Waals surface area contributed by atoms with Crippen molar-refractivity contribution in [2.24, 2.45) is 0 Å². The van der Waals surface area contributed by atoms with Crippen LogP contribution in [0, 0.1) is 19.3 Å². The predicted octanol–water partition coefficient (Wildman–Crippen LogP) is 2.15. The van der Waals surface area contributed by atoms with Gasteiger partial charge in [-0.15, -0.1) is 0 Å². The molecule has 2 rings (SSSR count). The lowest BCUT2D eigenvalue weighted by atomic mass is 10.1. The van der Waals surface area contributed by atoms with Gasteiger partial charge in [-0.1, -0.05) is 0 Å². The van der Waals surface area contributed by atoms with Crippen LogP contribution in [0.3, 0.4) is 0 Å². The molecule has 0 aliphatic carbocycles. The Balaban J connectivity index is 2.40. The van der Waals surface area contributed by atoms with Gasteiger partial charge in [0.05, 0.1) is 4.91 Å². The zero-order chi connectivity index (χ0) is 12.6. The minimum Gasteiger partial charge on any atom is -0.507 e. The van der Waals surface area contributed by atoms with E-state index in [4.69, 9.17) is 5.41 Å². The fourth-order valence-corrected chi connectivity index (χ4v) is 2.37. The number of hydrogen-bond acceptors (Lipinski definition) is 4. The first-order valence-electron chi connectivity index (χ1n) is 5.07. The molecule has 17 heavy (non-hydrogen) atoms. The highest BCUT2D eigenvalue weighted by Gasteiger charge is 2.22. The van der Waals surface area contributed by atoms with Gasteiger partial charge < -0.3 is 10.4 Å². The second kappa shape index (κ2) is 4.25. The molecule has 1 heterocycles. The van der Waals surface area contributed by atoms with Crippen molar-refractivity contribution in [3.05, 3.63) is 33.7 Å². The molecule has 0 bridgehead atoms. The summed E-state index contributed by atoms with van der Waals surface area (Å²) in [5.41, 5.74) is 2.40. The van der Waals surface area contributed by atoms with E-state index >= 15 is 0 Å². The Morgan fingerprint density at radius 1 is 1.35 bits per heavy atom. The molecule has 1 aliphatic heterocycles. The Morgan fingerprint density at radius 3 is 2.41 bits per heavy atom. The van der Waals surface area contributed by atoms with Crippen LogP contribution in [0.1, 0.15) is 16.7 Å². The summed E-state index contributed by atoms with van der Waals surface area (Å²) >= 11 is 1.11. The van der Waals surface area contributed by atoms with Crippen LogP contribution in [0.25, 0.3) is 6.08 Å². The molecular weight excluding hydrogens is 236 g/mol. The number of carbonyl (C=O) groups is 1. The van der Waals surface area contributed by atoms with E-state index in [9.17, 15) is 9.90 Å². The summed E-state index contributed by atoms with van der Waals surface area (Å²) in [6.07, 6.45) is 1.72. The minimum absolute atomic E-state index is 0.147. The van der Waals surface area contributed by atoms with Crippen molar-refractivity contribution in [2.75, 3.05) is 0 Å². The molecule has 0 radical (unpaired) electrons. The number of nitrogens with one attached hydrogen (secondary N) is 2. The third-order valence-corrected chi connectivity index (χ3v) is 3.30. The Hall–Kier alpha value is -1.75. The van der Waals surface area contributed by atoms with E-state index < -0.39 is 0 Å². The van der Waals surface area contributed by atoms with Gasteiger partial charge in [-0.2, -0.15) is 0 Å². The molecule has 5 heteroatoms. The maximum Gasteiger partial charge on any atom is 0.264 e. The van der Waals surface area contributed by atoms with Gasteiger partial charge in [0, 0.05) is 0 Å². The van der Waals surface area contributed by atoms with Crippen LogP contribution in [-0.4, -0.2) is 16.2 Å². The molecule has 0 saturated carbocycles. The molecule has 1 fully saturated rings. The second-order valence-corrected chi connectivity index (χ2v) is 4.95. The molecule has 1 amide bonds. The summed E-state index contributed by atoms with van der Waals surface area (Å²) in [5.74, 6) is 0.0341. The van der Waals surface area contributed by atoms with Gasteiger partial charge in [0.1, 0.15) is 5.75 Å². The Bertz CT molecular complexity index is 526. The molecule has 0 atom stereocenters. The van der Waals surface area contributed by atoms with Crippen LogP contribution in [0.15, 0.2) is 17.0 Å². The minimum atomic E-state index is -0.247. The highest BCUT2D eigenvalue weighted by molar-refractivity contribution is 8.18. The van der Waals surface area contributed by atoms with E-state index in [1.807, 2.05) is 26.0 Å². The number of carbonyl (C=O) groups excluding carboxylic acids is 1. The molecule has 0 aromatic heterocycles. The molecule has 1 aliphatic rings. The van der Waals surface area contributed by atoms with Crippen molar-refractivity contribution < 1.29 is 9.90 Å². The number of aryl methyl sites for hydroxylation is 2. The normalized spacial score (nSPS) is 17.6. The van der Waals surface area contributed by atoms with Gasteiger partial charge in [-0.05, 0) is 60.5 Å². The van der Waals surface area contributed by atoms with Crippen molar-refractivity contribution in [1.29, 1.82) is 5.41 Å². The molecule has 0 spiro atoms. The number of rotatable bonds is 1. The third kappa shape index (κ3) is 2.34. The van der Waals surface area contributed by atoms with E-state index in [1.165, 1.54) is 0 Å². The Kier molecular flexibility index (Phi) is 2.93. The molecule has 1 saturated heterocycles. The summed E-state index contributed by atoms with van der Waals surface area (Å²) < 4.78 is 0. The third-order valence-electron chi connectivity index (χ3n) is 2.47. The van der Waals surface area contributed by atoms with Crippen molar-refractivity contribution in [3.63, 3.8) is 0 Å². The van der Waals surface area contributed by atoms with Crippen molar-refractivity contribution >= 4 is 28.9 Å². The average Bonchev–Trinajstić information content (AvgIpc) is 2.54. The molecule has 0 unspecified atom stereocenters. The lowest BCUT2D eigenvalue weighted by molar-refractivity contribution is -0.115. The van der Waals surface area contributed by atoms with Gasteiger partial charge in [-0.3, -0.25) is 10.2 Å². The highest BCUT2D eigenvalue weighted by atomic mass is 32.2. The van der Waals surface area contributed by atoms with E-state index in [0.29, 0.717) is 4.91 Å². The number of thioether (sulfide) groups is 1. The fourth-order valence-electron chi connectivity index (χ4n) is 1.67. The standard InChI is InChI=1S/C12H12N2O2S/c1-6-3-8(4-7(2)10(6)15)5-9-11(16)14-12(13)17-9/h3-5,15H,1-2H3,(H2,13,14,16)/b9-5-. The van der Waals surface area contributed by atoms with Crippen LogP contribution < -0.4 is 5.32 Å². The molecular formula is C12H12N2O2S. The Labute approximate surface area is 103 Å². The quantitative estimate of drug-likeness (QED) is 0.667. The highest BCUT2D eigenvalue weighted by Crippen LogP contribution is 2.28. The number of aromatic hydroxyl groups is 1. The van der Waals surface area contributed by atoms with Crippen LogP contribution in [-0.2, 0) is 4.79 Å². The zero-order valence-corrected chi connectivity index (χ0v) is 10.3. The van der Waals surface area contributed by atoms with Gasteiger partial charge in [0.15, 0.2) is 5.17 Å². The lowest BCUT2D eigenvalue weighted by Gasteiger charge is -2.05. The molecule has 3 N–H and O–H groups in total. The van der Waals surface area contributed by atoms with E-state index in [0.717, 1.165) is 28.5 Å². The SMILES string of the molecule is Cc1cc(/C=C2\SC(=N)NC2=O)cc(C)c1O.